The lowest BCUT2D eigenvalue weighted by Gasteiger charge is -2.18. The van der Waals surface area contributed by atoms with E-state index in [2.05, 4.69) is 53.8 Å². The van der Waals surface area contributed by atoms with Crippen molar-refractivity contribution in [2.75, 3.05) is 13.6 Å². The van der Waals surface area contributed by atoms with Gasteiger partial charge < -0.3 is 5.32 Å². The fraction of sp³-hybridized carbons (Fsp3) is 0.400. The SMILES string of the molecule is CNCC(Cc1nc(C)cs1)c1ccccc1C. The zero-order valence-electron chi connectivity index (χ0n) is 11.2. The molecule has 1 aromatic carbocycles. The molecule has 0 radical (unpaired) electrons. The Balaban J connectivity index is 2.20. The van der Waals surface area contributed by atoms with Crippen LogP contribution < -0.4 is 5.32 Å². The summed E-state index contributed by atoms with van der Waals surface area (Å²) in [5, 5.41) is 6.66. The summed E-state index contributed by atoms with van der Waals surface area (Å²) in [7, 11) is 2.01. The van der Waals surface area contributed by atoms with Crippen molar-refractivity contribution < 1.29 is 0 Å². The highest BCUT2D eigenvalue weighted by Gasteiger charge is 2.15. The summed E-state index contributed by atoms with van der Waals surface area (Å²) in [5.74, 6) is 0.502. The van der Waals surface area contributed by atoms with E-state index in [1.54, 1.807) is 11.3 Å². The minimum absolute atomic E-state index is 0.502. The normalized spacial score (nSPS) is 12.6. The molecule has 3 heteroatoms. The summed E-state index contributed by atoms with van der Waals surface area (Å²) in [4.78, 5) is 4.58. The molecular formula is C15H20N2S. The van der Waals surface area contributed by atoms with Crippen LogP contribution in [0.4, 0.5) is 0 Å². The van der Waals surface area contributed by atoms with Crippen LogP contribution in [0.1, 0.15) is 27.7 Å². The molecule has 1 N–H and O–H groups in total. The summed E-state index contributed by atoms with van der Waals surface area (Å²) < 4.78 is 0. The summed E-state index contributed by atoms with van der Waals surface area (Å²) >= 11 is 1.77. The molecule has 0 saturated heterocycles. The van der Waals surface area contributed by atoms with Crippen molar-refractivity contribution in [2.24, 2.45) is 0 Å². The van der Waals surface area contributed by atoms with Crippen molar-refractivity contribution in [3.05, 3.63) is 51.5 Å². The van der Waals surface area contributed by atoms with E-state index < -0.39 is 0 Å². The number of nitrogens with zero attached hydrogens (tertiary/aromatic N) is 1. The van der Waals surface area contributed by atoms with Crippen LogP contribution in [0.2, 0.25) is 0 Å². The van der Waals surface area contributed by atoms with Gasteiger partial charge in [0.1, 0.15) is 0 Å². The summed E-state index contributed by atoms with van der Waals surface area (Å²) in [5.41, 5.74) is 3.92. The highest BCUT2D eigenvalue weighted by molar-refractivity contribution is 7.09. The average molecular weight is 260 g/mol. The molecule has 0 saturated carbocycles. The molecule has 0 spiro atoms. The zero-order chi connectivity index (χ0) is 13.0. The molecule has 1 unspecified atom stereocenters. The first kappa shape index (κ1) is 13.2. The molecule has 0 fully saturated rings. The standard InChI is InChI=1S/C15H20N2S/c1-11-6-4-5-7-14(11)13(9-16-3)8-15-17-12(2)10-18-15/h4-7,10,13,16H,8-9H2,1-3H3. The van der Waals surface area contributed by atoms with E-state index in [4.69, 9.17) is 0 Å². The van der Waals surface area contributed by atoms with Gasteiger partial charge in [0.2, 0.25) is 0 Å². The van der Waals surface area contributed by atoms with Crippen molar-refractivity contribution in [3.63, 3.8) is 0 Å². The fourth-order valence-corrected chi connectivity index (χ4v) is 3.14. The maximum absolute atomic E-state index is 4.58. The van der Waals surface area contributed by atoms with Crippen LogP contribution in [0.25, 0.3) is 0 Å². The number of aromatic nitrogens is 1. The maximum Gasteiger partial charge on any atom is 0.0934 e. The Kier molecular flexibility index (Phi) is 4.50. The molecule has 2 aromatic rings. The third kappa shape index (κ3) is 3.18. The Morgan fingerprint density at radius 2 is 2.06 bits per heavy atom. The minimum Gasteiger partial charge on any atom is -0.319 e. The van der Waals surface area contributed by atoms with Gasteiger partial charge in [-0.25, -0.2) is 4.98 Å². The molecule has 1 atom stereocenters. The Hall–Kier alpha value is -1.19. The van der Waals surface area contributed by atoms with E-state index in [-0.39, 0.29) is 0 Å². The van der Waals surface area contributed by atoms with Gasteiger partial charge in [-0.2, -0.15) is 0 Å². The number of rotatable bonds is 5. The van der Waals surface area contributed by atoms with Gasteiger partial charge in [-0.15, -0.1) is 11.3 Å². The lowest BCUT2D eigenvalue weighted by atomic mass is 9.92. The summed E-state index contributed by atoms with van der Waals surface area (Å²) in [6.07, 6.45) is 1.02. The summed E-state index contributed by atoms with van der Waals surface area (Å²) in [6.45, 7) is 5.23. The highest BCUT2D eigenvalue weighted by atomic mass is 32.1. The predicted molar refractivity (Wildman–Crippen MR) is 78.4 cm³/mol. The Bertz CT molecular complexity index is 505. The Labute approximate surface area is 113 Å². The predicted octanol–water partition coefficient (Wildman–Crippen LogP) is 3.31. The third-order valence-electron chi connectivity index (χ3n) is 3.17. The number of benzene rings is 1. The molecule has 0 aliphatic rings. The second-order valence-electron chi connectivity index (χ2n) is 4.70. The number of aryl methyl sites for hydroxylation is 2. The maximum atomic E-state index is 4.58. The van der Waals surface area contributed by atoms with E-state index >= 15 is 0 Å². The van der Waals surface area contributed by atoms with Crippen molar-refractivity contribution in [3.8, 4) is 0 Å². The van der Waals surface area contributed by atoms with Crippen molar-refractivity contribution >= 4 is 11.3 Å². The van der Waals surface area contributed by atoms with E-state index in [0.717, 1.165) is 18.7 Å². The van der Waals surface area contributed by atoms with Crippen LogP contribution >= 0.6 is 11.3 Å². The second kappa shape index (κ2) is 6.12. The van der Waals surface area contributed by atoms with Gasteiger partial charge in [0.15, 0.2) is 0 Å². The van der Waals surface area contributed by atoms with Gasteiger partial charge in [-0.05, 0) is 32.0 Å². The van der Waals surface area contributed by atoms with E-state index in [0.29, 0.717) is 5.92 Å². The highest BCUT2D eigenvalue weighted by Crippen LogP contribution is 2.24. The molecule has 1 heterocycles. The van der Waals surface area contributed by atoms with Gasteiger partial charge in [0.05, 0.1) is 5.01 Å². The molecule has 0 aliphatic carbocycles. The van der Waals surface area contributed by atoms with Gasteiger partial charge >= 0.3 is 0 Å². The molecule has 0 bridgehead atoms. The van der Waals surface area contributed by atoms with E-state index in [9.17, 15) is 0 Å². The number of likely N-dealkylation sites (N-methyl/N-ethyl adjacent to an activating group) is 1. The monoisotopic (exact) mass is 260 g/mol. The van der Waals surface area contributed by atoms with Crippen LogP contribution in [0, 0.1) is 13.8 Å². The molecule has 2 rings (SSSR count). The topological polar surface area (TPSA) is 24.9 Å². The molecule has 0 aliphatic heterocycles. The minimum atomic E-state index is 0.502. The number of hydrogen-bond donors (Lipinski definition) is 1. The zero-order valence-corrected chi connectivity index (χ0v) is 12.1. The van der Waals surface area contributed by atoms with Crippen LogP contribution in [0.3, 0.4) is 0 Å². The van der Waals surface area contributed by atoms with Crippen LogP contribution in [-0.2, 0) is 6.42 Å². The van der Waals surface area contributed by atoms with Gasteiger partial charge in [0, 0.05) is 30.0 Å². The molecule has 96 valence electrons. The van der Waals surface area contributed by atoms with Crippen LogP contribution in [0.15, 0.2) is 29.6 Å². The molecule has 18 heavy (non-hydrogen) atoms. The third-order valence-corrected chi connectivity index (χ3v) is 4.16. The largest absolute Gasteiger partial charge is 0.319 e. The number of thiazole rings is 1. The van der Waals surface area contributed by atoms with E-state index in [1.807, 2.05) is 7.05 Å². The van der Waals surface area contributed by atoms with Crippen molar-refractivity contribution in [1.29, 1.82) is 0 Å². The first-order chi connectivity index (χ1) is 8.70. The quantitative estimate of drug-likeness (QED) is 0.892. The van der Waals surface area contributed by atoms with Gasteiger partial charge in [-0.3, -0.25) is 0 Å². The molecular weight excluding hydrogens is 240 g/mol. The second-order valence-corrected chi connectivity index (χ2v) is 5.64. The molecule has 0 amide bonds. The number of nitrogens with one attached hydrogen (secondary N) is 1. The Morgan fingerprint density at radius 1 is 1.28 bits per heavy atom. The van der Waals surface area contributed by atoms with Crippen LogP contribution in [-0.4, -0.2) is 18.6 Å². The van der Waals surface area contributed by atoms with Gasteiger partial charge in [-0.1, -0.05) is 24.3 Å². The van der Waals surface area contributed by atoms with Crippen molar-refractivity contribution in [1.82, 2.24) is 10.3 Å². The first-order valence-electron chi connectivity index (χ1n) is 6.32. The average Bonchev–Trinajstić information content (AvgIpc) is 2.75. The lowest BCUT2D eigenvalue weighted by molar-refractivity contribution is 0.620. The number of hydrogen-bond acceptors (Lipinski definition) is 3. The molecule has 1 aromatic heterocycles. The Morgan fingerprint density at radius 3 is 2.67 bits per heavy atom. The van der Waals surface area contributed by atoms with Gasteiger partial charge in [0.25, 0.3) is 0 Å². The first-order valence-corrected chi connectivity index (χ1v) is 7.19. The van der Waals surface area contributed by atoms with E-state index in [1.165, 1.54) is 16.1 Å². The fourth-order valence-electron chi connectivity index (χ4n) is 2.29. The molecule has 2 nitrogen and oxygen atoms in total. The smallest absolute Gasteiger partial charge is 0.0934 e. The lowest BCUT2D eigenvalue weighted by Crippen LogP contribution is -2.19. The van der Waals surface area contributed by atoms with Crippen molar-refractivity contribution in [2.45, 2.75) is 26.2 Å². The van der Waals surface area contributed by atoms with Crippen LogP contribution in [0.5, 0.6) is 0 Å². The summed E-state index contributed by atoms with van der Waals surface area (Å²) in [6, 6.07) is 8.64.